The van der Waals surface area contributed by atoms with E-state index in [1.54, 1.807) is 6.92 Å². The zero-order valence-corrected chi connectivity index (χ0v) is 16.9. The van der Waals surface area contributed by atoms with Crippen molar-refractivity contribution in [2.45, 2.75) is 84.2 Å². The lowest BCUT2D eigenvalue weighted by Crippen LogP contribution is -2.51. The van der Waals surface area contributed by atoms with Crippen LogP contribution in [0.15, 0.2) is 11.6 Å². The lowest BCUT2D eigenvalue weighted by atomic mass is 9.59. The summed E-state index contributed by atoms with van der Waals surface area (Å²) < 4.78 is 19.2. The highest BCUT2D eigenvalue weighted by Gasteiger charge is 2.62. The van der Waals surface area contributed by atoms with E-state index in [2.05, 4.69) is 33.8 Å². The maximum absolute atomic E-state index is 11.8. The molecule has 3 heterocycles. The van der Waals surface area contributed by atoms with E-state index in [1.165, 1.54) is 5.57 Å². The molecule has 1 saturated carbocycles. The van der Waals surface area contributed by atoms with Crippen molar-refractivity contribution in [3.63, 3.8) is 0 Å². The van der Waals surface area contributed by atoms with Crippen LogP contribution in [-0.2, 0) is 19.0 Å². The molecule has 4 aliphatic rings. The van der Waals surface area contributed by atoms with Gasteiger partial charge in [0, 0.05) is 12.8 Å². The number of carbonyl (C=O) groups is 1. The fourth-order valence-electron chi connectivity index (χ4n) is 6.34. The minimum Gasteiger partial charge on any atom is -0.462 e. The van der Waals surface area contributed by atoms with Gasteiger partial charge in [-0.15, -0.1) is 0 Å². The van der Waals surface area contributed by atoms with E-state index in [0.29, 0.717) is 23.7 Å². The molecule has 2 saturated heterocycles. The minimum atomic E-state index is -0.247. The predicted octanol–water partition coefficient (Wildman–Crippen LogP) is 4.13. The molecule has 4 rings (SSSR count). The summed E-state index contributed by atoms with van der Waals surface area (Å²) in [5.74, 6) is 2.01. The third kappa shape index (κ3) is 2.93. The Morgan fingerprint density at radius 2 is 2.04 bits per heavy atom. The van der Waals surface area contributed by atoms with Crippen molar-refractivity contribution in [3.8, 4) is 0 Å². The molecule has 9 atom stereocenters. The molecule has 26 heavy (non-hydrogen) atoms. The topological polar surface area (TPSA) is 44.8 Å². The first kappa shape index (κ1) is 18.5. The third-order valence-corrected chi connectivity index (χ3v) is 7.59. The number of hydrogen-bond donors (Lipinski definition) is 0. The second kappa shape index (κ2) is 6.63. The van der Waals surface area contributed by atoms with Gasteiger partial charge in [-0.05, 0) is 63.2 Å². The molecule has 146 valence electrons. The summed E-state index contributed by atoms with van der Waals surface area (Å²) in [7, 11) is 0. The largest absolute Gasteiger partial charge is 0.462 e. The van der Waals surface area contributed by atoms with Gasteiger partial charge in [0.25, 0.3) is 0 Å². The van der Waals surface area contributed by atoms with Crippen LogP contribution in [0.1, 0.15) is 60.3 Å². The van der Waals surface area contributed by atoms with Crippen LogP contribution in [0.5, 0.6) is 0 Å². The SMILES string of the molecule is CC(=O)O[C@H]1[C@@H]2[C@@H]3[C@@H](C[C@H]1C)[C@@H](C)CO[C@@]1(C)CC/C=C(/C)C[C@H]2O[C@H]31. The Morgan fingerprint density at radius 3 is 2.77 bits per heavy atom. The summed E-state index contributed by atoms with van der Waals surface area (Å²) in [6.07, 6.45) is 6.64. The van der Waals surface area contributed by atoms with E-state index in [1.807, 2.05) is 0 Å². The van der Waals surface area contributed by atoms with Crippen LogP contribution in [0, 0.1) is 29.6 Å². The van der Waals surface area contributed by atoms with Gasteiger partial charge >= 0.3 is 5.97 Å². The van der Waals surface area contributed by atoms with Crippen LogP contribution in [0.4, 0.5) is 0 Å². The van der Waals surface area contributed by atoms with Gasteiger partial charge in [0.1, 0.15) is 6.10 Å². The Balaban J connectivity index is 1.79. The van der Waals surface area contributed by atoms with E-state index in [9.17, 15) is 4.79 Å². The monoisotopic (exact) mass is 362 g/mol. The zero-order chi connectivity index (χ0) is 18.6. The molecule has 0 radical (unpaired) electrons. The Morgan fingerprint density at radius 1 is 1.27 bits per heavy atom. The molecule has 0 aromatic heterocycles. The summed E-state index contributed by atoms with van der Waals surface area (Å²) in [6.45, 7) is 11.4. The first-order valence-electron chi connectivity index (χ1n) is 10.4. The van der Waals surface area contributed by atoms with Gasteiger partial charge < -0.3 is 14.2 Å². The molecule has 0 aromatic carbocycles. The van der Waals surface area contributed by atoms with Crippen molar-refractivity contribution in [3.05, 3.63) is 11.6 Å². The second-order valence-corrected chi connectivity index (χ2v) is 9.59. The Kier molecular flexibility index (Phi) is 4.71. The molecule has 3 aliphatic heterocycles. The number of allylic oxidation sites excluding steroid dienone is 1. The Labute approximate surface area is 157 Å². The van der Waals surface area contributed by atoms with E-state index >= 15 is 0 Å². The Bertz CT molecular complexity index is 599. The first-order chi connectivity index (χ1) is 12.3. The number of fused-ring (bicyclic) bond motifs is 2. The van der Waals surface area contributed by atoms with Gasteiger partial charge in [0.2, 0.25) is 0 Å². The van der Waals surface area contributed by atoms with Gasteiger partial charge in [0.05, 0.1) is 24.4 Å². The predicted molar refractivity (Wildman–Crippen MR) is 99.6 cm³/mol. The average Bonchev–Trinajstić information content (AvgIpc) is 2.92. The number of carbonyl (C=O) groups excluding carboxylic acids is 1. The van der Waals surface area contributed by atoms with Crippen molar-refractivity contribution >= 4 is 5.97 Å². The van der Waals surface area contributed by atoms with Crippen LogP contribution in [-0.4, -0.2) is 36.5 Å². The standard InChI is InChI=1S/C22H34O4/c1-12-7-6-8-22(5)21-18-16(14(3)11-24-22)10-13(2)20(25-15(4)23)19(18)17(9-12)26-21/h7,13-14,16-21H,6,8-11H2,1-5H3/b12-7-/t13-,14+,16+,17-,18+,19+,20-,21-,22+/m1/s1. The first-order valence-corrected chi connectivity index (χ1v) is 10.4. The van der Waals surface area contributed by atoms with Crippen LogP contribution in [0.2, 0.25) is 0 Å². The normalized spacial score (nSPS) is 52.7. The molecule has 0 amide bonds. The van der Waals surface area contributed by atoms with E-state index < -0.39 is 0 Å². The highest BCUT2D eigenvalue weighted by Crippen LogP contribution is 2.57. The van der Waals surface area contributed by atoms with Crippen molar-refractivity contribution in [1.82, 2.24) is 0 Å². The van der Waals surface area contributed by atoms with E-state index in [0.717, 1.165) is 32.3 Å². The van der Waals surface area contributed by atoms with E-state index in [-0.39, 0.29) is 35.8 Å². The molecule has 0 N–H and O–H groups in total. The van der Waals surface area contributed by atoms with Crippen molar-refractivity contribution in [1.29, 1.82) is 0 Å². The molecule has 3 fully saturated rings. The maximum atomic E-state index is 11.8. The molecule has 2 bridgehead atoms. The average molecular weight is 363 g/mol. The number of rotatable bonds is 1. The zero-order valence-electron chi connectivity index (χ0n) is 16.9. The van der Waals surface area contributed by atoms with Crippen LogP contribution in [0.25, 0.3) is 0 Å². The quantitative estimate of drug-likeness (QED) is 0.520. The number of hydrogen-bond acceptors (Lipinski definition) is 4. The van der Waals surface area contributed by atoms with Gasteiger partial charge in [-0.3, -0.25) is 4.79 Å². The second-order valence-electron chi connectivity index (χ2n) is 9.59. The summed E-state index contributed by atoms with van der Waals surface area (Å²) in [4.78, 5) is 11.8. The molecule has 4 nitrogen and oxygen atoms in total. The van der Waals surface area contributed by atoms with Crippen LogP contribution in [0.3, 0.4) is 0 Å². The van der Waals surface area contributed by atoms with Gasteiger partial charge in [-0.1, -0.05) is 25.5 Å². The van der Waals surface area contributed by atoms with Crippen LogP contribution < -0.4 is 0 Å². The molecule has 0 spiro atoms. The summed E-state index contributed by atoms with van der Waals surface area (Å²) in [5, 5.41) is 0. The lowest BCUT2D eigenvalue weighted by molar-refractivity contribution is -0.160. The number of esters is 1. The molecule has 1 aliphatic carbocycles. The van der Waals surface area contributed by atoms with Gasteiger partial charge in [-0.2, -0.15) is 0 Å². The summed E-state index contributed by atoms with van der Waals surface area (Å²) >= 11 is 0. The van der Waals surface area contributed by atoms with E-state index in [4.69, 9.17) is 14.2 Å². The lowest BCUT2D eigenvalue weighted by Gasteiger charge is -2.46. The Hall–Kier alpha value is -0.870. The van der Waals surface area contributed by atoms with Gasteiger partial charge in [0.15, 0.2) is 0 Å². The minimum absolute atomic E-state index is 0.0365. The third-order valence-electron chi connectivity index (χ3n) is 7.59. The van der Waals surface area contributed by atoms with Gasteiger partial charge in [-0.25, -0.2) is 0 Å². The molecular formula is C22H34O4. The smallest absolute Gasteiger partial charge is 0.302 e. The maximum Gasteiger partial charge on any atom is 0.302 e. The van der Waals surface area contributed by atoms with Crippen molar-refractivity contribution in [2.75, 3.05) is 6.61 Å². The fraction of sp³-hybridized carbons (Fsp3) is 0.864. The summed E-state index contributed by atoms with van der Waals surface area (Å²) in [5.41, 5.74) is 1.14. The number of ether oxygens (including phenoxy) is 3. The fourth-order valence-corrected chi connectivity index (χ4v) is 6.34. The molecular weight excluding hydrogens is 328 g/mol. The van der Waals surface area contributed by atoms with Crippen molar-refractivity contribution < 1.29 is 19.0 Å². The highest BCUT2D eigenvalue weighted by molar-refractivity contribution is 5.66. The van der Waals surface area contributed by atoms with Crippen LogP contribution >= 0.6 is 0 Å². The highest BCUT2D eigenvalue weighted by atomic mass is 16.6. The molecule has 0 unspecified atom stereocenters. The molecule has 0 aromatic rings. The summed E-state index contributed by atoms with van der Waals surface area (Å²) in [6, 6.07) is 0. The van der Waals surface area contributed by atoms with Crippen molar-refractivity contribution in [2.24, 2.45) is 29.6 Å². The molecule has 4 heteroatoms.